The molecule has 5 atom stereocenters. The zero-order valence-corrected chi connectivity index (χ0v) is 10.7. The molecule has 0 aromatic heterocycles. The van der Waals surface area contributed by atoms with Crippen LogP contribution in [0.3, 0.4) is 0 Å². The first-order valence-corrected chi connectivity index (χ1v) is 6.76. The third-order valence-corrected chi connectivity index (χ3v) is 4.86. The minimum absolute atomic E-state index is 0.102. The van der Waals surface area contributed by atoms with E-state index in [9.17, 15) is 4.79 Å². The molecule has 1 N–H and O–H groups in total. The fourth-order valence-corrected chi connectivity index (χ4v) is 4.14. The highest BCUT2D eigenvalue weighted by atomic mass is 16.5. The van der Waals surface area contributed by atoms with Crippen LogP contribution in [-0.2, 0) is 4.74 Å². The molecule has 2 aliphatic carbocycles. The van der Waals surface area contributed by atoms with E-state index >= 15 is 0 Å². The van der Waals surface area contributed by atoms with Crippen molar-refractivity contribution in [2.24, 2.45) is 17.8 Å². The van der Waals surface area contributed by atoms with Crippen molar-refractivity contribution >= 4 is 6.03 Å². The van der Waals surface area contributed by atoms with Gasteiger partial charge in [-0.2, -0.15) is 0 Å². The van der Waals surface area contributed by atoms with Gasteiger partial charge in [-0.3, -0.25) is 0 Å². The third-order valence-electron chi connectivity index (χ3n) is 4.86. The van der Waals surface area contributed by atoms with Crippen molar-refractivity contribution in [3.63, 3.8) is 0 Å². The number of amides is 2. The molecular weight excluding hydrogens is 216 g/mol. The predicted molar refractivity (Wildman–Crippen MR) is 64.7 cm³/mol. The number of nitrogens with one attached hydrogen (secondary N) is 1. The van der Waals surface area contributed by atoms with Gasteiger partial charge in [-0.1, -0.05) is 0 Å². The van der Waals surface area contributed by atoms with Gasteiger partial charge in [0.15, 0.2) is 0 Å². The van der Waals surface area contributed by atoms with Gasteiger partial charge in [0, 0.05) is 25.6 Å². The number of hydrogen-bond donors (Lipinski definition) is 1. The number of rotatable bonds is 3. The lowest BCUT2D eigenvalue weighted by Crippen LogP contribution is -2.64. The maximum atomic E-state index is 12.1. The van der Waals surface area contributed by atoms with Gasteiger partial charge in [0.25, 0.3) is 0 Å². The number of likely N-dealkylation sites (tertiary alicyclic amines) is 1. The van der Waals surface area contributed by atoms with Crippen LogP contribution in [0, 0.1) is 17.8 Å². The highest BCUT2D eigenvalue weighted by Crippen LogP contribution is 2.55. The maximum Gasteiger partial charge on any atom is 0.317 e. The number of carbonyl (C=O) groups excluding carboxylic acids is 1. The second-order valence-electron chi connectivity index (χ2n) is 5.95. The Morgan fingerprint density at radius 3 is 2.94 bits per heavy atom. The van der Waals surface area contributed by atoms with E-state index in [2.05, 4.69) is 10.2 Å². The molecule has 0 radical (unpaired) electrons. The van der Waals surface area contributed by atoms with Crippen molar-refractivity contribution in [3.05, 3.63) is 0 Å². The minimum Gasteiger partial charge on any atom is -0.383 e. The standard InChI is InChI=1S/C13H22N2O2/c1-8(7-17-2)14-13(16)15-6-11-9-3-4-10(5-9)12(11)15/h8-12H,3-7H2,1-2H3,(H,14,16)/t8-,9-,10-,11+,12+/m0/s1. The van der Waals surface area contributed by atoms with Gasteiger partial charge in [-0.05, 0) is 38.0 Å². The Labute approximate surface area is 103 Å². The Hall–Kier alpha value is -0.770. The number of urea groups is 1. The minimum atomic E-state index is 0.102. The predicted octanol–water partition coefficient (Wildman–Crippen LogP) is 1.46. The molecule has 2 amide bonds. The third kappa shape index (κ3) is 1.73. The van der Waals surface area contributed by atoms with E-state index < -0.39 is 0 Å². The summed E-state index contributed by atoms with van der Waals surface area (Å²) in [6.45, 7) is 3.55. The SMILES string of the molecule is COC[C@H](C)NC(=O)N1C[C@@H]2[C@H]3CC[C@@H](C3)[C@H]21. The molecule has 0 aromatic rings. The Bertz CT molecular complexity index is 319. The van der Waals surface area contributed by atoms with E-state index in [-0.39, 0.29) is 12.1 Å². The van der Waals surface area contributed by atoms with Crippen molar-refractivity contribution in [1.29, 1.82) is 0 Å². The molecule has 17 heavy (non-hydrogen) atoms. The summed E-state index contributed by atoms with van der Waals surface area (Å²) < 4.78 is 5.04. The van der Waals surface area contributed by atoms with Gasteiger partial charge in [0.05, 0.1) is 12.6 Å². The summed E-state index contributed by atoms with van der Waals surface area (Å²) in [5.41, 5.74) is 0. The van der Waals surface area contributed by atoms with Crippen LogP contribution in [0.15, 0.2) is 0 Å². The van der Waals surface area contributed by atoms with E-state index in [4.69, 9.17) is 4.74 Å². The van der Waals surface area contributed by atoms with Gasteiger partial charge < -0.3 is 15.0 Å². The van der Waals surface area contributed by atoms with Crippen molar-refractivity contribution in [3.8, 4) is 0 Å². The number of carbonyl (C=O) groups is 1. The van der Waals surface area contributed by atoms with Crippen molar-refractivity contribution in [1.82, 2.24) is 10.2 Å². The summed E-state index contributed by atoms with van der Waals surface area (Å²) in [6, 6.07) is 0.775. The molecule has 96 valence electrons. The number of hydrogen-bond acceptors (Lipinski definition) is 2. The maximum absolute atomic E-state index is 12.1. The van der Waals surface area contributed by atoms with Gasteiger partial charge >= 0.3 is 6.03 Å². The molecule has 0 unspecified atom stereocenters. The zero-order chi connectivity index (χ0) is 12.0. The molecule has 3 aliphatic rings. The van der Waals surface area contributed by atoms with Crippen LogP contribution in [0.5, 0.6) is 0 Å². The van der Waals surface area contributed by atoms with Crippen molar-refractivity contribution in [2.45, 2.75) is 38.3 Å². The van der Waals surface area contributed by atoms with Crippen LogP contribution in [0.25, 0.3) is 0 Å². The Kier molecular flexibility index (Phi) is 2.77. The monoisotopic (exact) mass is 238 g/mol. The smallest absolute Gasteiger partial charge is 0.317 e. The molecule has 3 fully saturated rings. The van der Waals surface area contributed by atoms with E-state index in [1.54, 1.807) is 7.11 Å². The average Bonchev–Trinajstić information content (AvgIpc) is 2.73. The molecule has 1 heterocycles. The molecule has 1 saturated heterocycles. The van der Waals surface area contributed by atoms with Crippen LogP contribution in [0.1, 0.15) is 26.2 Å². The summed E-state index contributed by atoms with van der Waals surface area (Å²) in [5.74, 6) is 2.53. The first kappa shape index (κ1) is 11.3. The Balaban J connectivity index is 1.55. The van der Waals surface area contributed by atoms with Crippen molar-refractivity contribution in [2.75, 3.05) is 20.3 Å². The lowest BCUT2D eigenvalue weighted by atomic mass is 9.77. The normalized spacial score (nSPS) is 39.8. The first-order valence-electron chi connectivity index (χ1n) is 6.76. The topological polar surface area (TPSA) is 41.6 Å². The number of fused-ring (bicyclic) bond motifs is 5. The van der Waals surface area contributed by atoms with Crippen LogP contribution < -0.4 is 5.32 Å². The number of methoxy groups -OCH3 is 1. The molecule has 0 spiro atoms. The molecular formula is C13H22N2O2. The molecule has 0 aromatic carbocycles. The summed E-state index contributed by atoms with van der Waals surface area (Å²) >= 11 is 0. The van der Waals surface area contributed by atoms with E-state index in [1.807, 2.05) is 6.92 Å². The molecule has 2 bridgehead atoms. The zero-order valence-electron chi connectivity index (χ0n) is 10.7. The number of ether oxygens (including phenoxy) is 1. The van der Waals surface area contributed by atoms with Gasteiger partial charge in [-0.25, -0.2) is 4.79 Å². The quantitative estimate of drug-likeness (QED) is 0.809. The second-order valence-corrected chi connectivity index (χ2v) is 5.95. The fourth-order valence-electron chi connectivity index (χ4n) is 4.14. The molecule has 2 saturated carbocycles. The Morgan fingerprint density at radius 2 is 2.24 bits per heavy atom. The van der Waals surface area contributed by atoms with Crippen LogP contribution >= 0.6 is 0 Å². The van der Waals surface area contributed by atoms with Gasteiger partial charge in [0.1, 0.15) is 0 Å². The second kappa shape index (κ2) is 4.16. The fraction of sp³-hybridized carbons (Fsp3) is 0.923. The molecule has 4 nitrogen and oxygen atoms in total. The van der Waals surface area contributed by atoms with E-state index in [1.165, 1.54) is 19.3 Å². The summed E-state index contributed by atoms with van der Waals surface area (Å²) in [5, 5.41) is 3.02. The lowest BCUT2D eigenvalue weighted by molar-refractivity contribution is 0.0104. The average molecular weight is 238 g/mol. The van der Waals surface area contributed by atoms with E-state index in [0.717, 1.165) is 24.3 Å². The largest absolute Gasteiger partial charge is 0.383 e. The first-order chi connectivity index (χ1) is 8.20. The Morgan fingerprint density at radius 1 is 1.47 bits per heavy atom. The van der Waals surface area contributed by atoms with Crippen LogP contribution in [-0.4, -0.2) is 43.3 Å². The van der Waals surface area contributed by atoms with Gasteiger partial charge in [-0.15, -0.1) is 0 Å². The lowest BCUT2D eigenvalue weighted by Gasteiger charge is -2.50. The summed E-state index contributed by atoms with van der Waals surface area (Å²) in [4.78, 5) is 14.1. The molecule has 1 aliphatic heterocycles. The van der Waals surface area contributed by atoms with Crippen LogP contribution in [0.2, 0.25) is 0 Å². The van der Waals surface area contributed by atoms with E-state index in [0.29, 0.717) is 12.6 Å². The molecule has 3 rings (SSSR count). The van der Waals surface area contributed by atoms with Crippen molar-refractivity contribution < 1.29 is 9.53 Å². The summed E-state index contributed by atoms with van der Waals surface area (Å²) in [7, 11) is 1.66. The van der Waals surface area contributed by atoms with Gasteiger partial charge in [0.2, 0.25) is 0 Å². The highest BCUT2D eigenvalue weighted by molar-refractivity contribution is 5.76. The molecule has 4 heteroatoms. The number of nitrogens with zero attached hydrogens (tertiary/aromatic N) is 1. The summed E-state index contributed by atoms with van der Waals surface area (Å²) in [6.07, 6.45) is 4.11. The van der Waals surface area contributed by atoms with Crippen LogP contribution in [0.4, 0.5) is 4.79 Å². The highest BCUT2D eigenvalue weighted by Gasteiger charge is 2.57.